The molecule has 0 radical (unpaired) electrons. The van der Waals surface area contributed by atoms with E-state index in [-0.39, 0.29) is 35.6 Å². The second kappa shape index (κ2) is 8.41. The molecule has 74 valence electrons. The summed E-state index contributed by atoms with van der Waals surface area (Å²) < 4.78 is 3.45. The molecule has 14 heavy (non-hydrogen) atoms. The molecule has 0 aromatic carbocycles. The van der Waals surface area contributed by atoms with E-state index in [1.54, 1.807) is 6.56 Å². The van der Waals surface area contributed by atoms with Gasteiger partial charge in [-0.25, -0.2) is 0 Å². The van der Waals surface area contributed by atoms with Crippen LogP contribution in [0.4, 0.5) is 0 Å². The molecule has 0 heterocycles. The number of halogens is 1. The molecule has 3 heteroatoms. The summed E-state index contributed by atoms with van der Waals surface area (Å²) in [6.07, 6.45) is 16.0. The number of hydrogen-bond acceptors (Lipinski definition) is 1. The number of rotatable bonds is 2. The first-order valence-corrected chi connectivity index (χ1v) is 6.80. The predicted octanol–water partition coefficient (Wildman–Crippen LogP) is -1.26. The Hall–Kier alpha value is 0.0931. The average Bonchev–Trinajstić information content (AvgIpc) is 2.81. The molecule has 2 aliphatic carbocycles. The van der Waals surface area contributed by atoms with Gasteiger partial charge in [0.15, 0.2) is 0 Å². The van der Waals surface area contributed by atoms with E-state index in [1.165, 1.54) is 12.8 Å². The van der Waals surface area contributed by atoms with E-state index in [0.29, 0.717) is 0 Å². The van der Waals surface area contributed by atoms with Gasteiger partial charge in [-0.15, -0.1) is 0 Å². The standard InChI is InChI=1S/2C5H5.CH3O.ClH.Zr/c2*1-2-4-5-3-1;1-2;;/h2*1-3H,4H2;1H3;1H;/q;;-1;;+2/p-1. The first-order chi connectivity index (χ1) is 6.45. The molecule has 0 spiro atoms. The van der Waals surface area contributed by atoms with Gasteiger partial charge in [-0.3, -0.25) is 0 Å². The smallest absolute Gasteiger partial charge is 0.153 e. The van der Waals surface area contributed by atoms with Crippen molar-refractivity contribution < 1.29 is 40.7 Å². The third-order valence-electron chi connectivity index (χ3n) is 1.86. The Bertz CT molecular complexity index is 249. The third-order valence-corrected chi connectivity index (χ3v) is 5.27. The minimum Gasteiger partial charge on any atom is -1.00 e. The van der Waals surface area contributed by atoms with Crippen LogP contribution in [0.25, 0.3) is 0 Å². The van der Waals surface area contributed by atoms with Crippen LogP contribution in [-0.4, -0.2) is 7.11 Å². The maximum atomic E-state index is 8.25. The molecule has 1 nitrogen and oxygen atoms in total. The molecule has 0 amide bonds. The van der Waals surface area contributed by atoms with Crippen molar-refractivity contribution in [2.45, 2.75) is 12.8 Å². The minimum absolute atomic E-state index is 0. The average molecular weight is 288 g/mol. The van der Waals surface area contributed by atoms with Gasteiger partial charge in [0.2, 0.25) is 0 Å². The van der Waals surface area contributed by atoms with Crippen LogP contribution in [0.1, 0.15) is 12.8 Å². The monoisotopic (exact) mass is 286 g/mol. The SMILES string of the molecule is C1=CC[C]([Zr+2][C]2=CC=CC2)=C1.C[O-].[Cl-]. The topological polar surface area (TPSA) is 23.1 Å². The van der Waals surface area contributed by atoms with Crippen LogP contribution in [0.15, 0.2) is 43.0 Å². The fourth-order valence-electron chi connectivity index (χ4n) is 1.29. The molecule has 2 rings (SSSR count). The van der Waals surface area contributed by atoms with Crippen LogP contribution in [0.2, 0.25) is 0 Å². The molecule has 0 fully saturated rings. The second-order valence-electron chi connectivity index (χ2n) is 2.77. The van der Waals surface area contributed by atoms with Gasteiger partial charge in [-0.2, -0.15) is 7.11 Å². The molecule has 0 aromatic heterocycles. The molecule has 0 bridgehead atoms. The first kappa shape index (κ1) is 14.1. The summed E-state index contributed by atoms with van der Waals surface area (Å²) in [5, 5.41) is 8.25. The minimum atomic E-state index is -0.312. The van der Waals surface area contributed by atoms with Gasteiger partial charge in [-0.05, 0) is 0 Å². The summed E-state index contributed by atoms with van der Waals surface area (Å²) in [7, 11) is 0.750. The summed E-state index contributed by atoms with van der Waals surface area (Å²) in [5.74, 6) is 0. The number of hydrogen-bond donors (Lipinski definition) is 0. The van der Waals surface area contributed by atoms with Crippen molar-refractivity contribution in [3.05, 3.63) is 43.0 Å². The van der Waals surface area contributed by atoms with E-state index >= 15 is 0 Å². The van der Waals surface area contributed by atoms with Crippen molar-refractivity contribution in [3.63, 3.8) is 0 Å². The second-order valence-corrected chi connectivity index (χ2v) is 6.55. The van der Waals surface area contributed by atoms with E-state index in [4.69, 9.17) is 5.11 Å². The molecule has 0 atom stereocenters. The maximum absolute atomic E-state index is 8.25. The molecule has 0 aromatic rings. The quantitative estimate of drug-likeness (QED) is 0.622. The summed E-state index contributed by atoms with van der Waals surface area (Å²) in [6, 6.07) is 0. The largest absolute Gasteiger partial charge is 1.00 e. The van der Waals surface area contributed by atoms with Crippen molar-refractivity contribution in [1.82, 2.24) is 0 Å². The summed E-state index contributed by atoms with van der Waals surface area (Å²) in [6.45, 7) is 0. The zero-order valence-corrected chi connectivity index (χ0v) is 11.4. The fraction of sp³-hybridized carbons (Fsp3) is 0.273. The Kier molecular flexibility index (Phi) is 8.46. The third kappa shape index (κ3) is 4.55. The van der Waals surface area contributed by atoms with Crippen LogP contribution in [0.3, 0.4) is 0 Å². The molecule has 0 unspecified atom stereocenters. The molecule has 0 aliphatic heterocycles. The zero-order valence-electron chi connectivity index (χ0n) is 8.16. The van der Waals surface area contributed by atoms with Crippen molar-refractivity contribution in [2.24, 2.45) is 0 Å². The van der Waals surface area contributed by atoms with Crippen LogP contribution in [-0.2, 0) is 23.2 Å². The van der Waals surface area contributed by atoms with Gasteiger partial charge in [-0.1, -0.05) is 0 Å². The molecule has 0 saturated carbocycles. The van der Waals surface area contributed by atoms with Gasteiger partial charge >= 0.3 is 79.1 Å². The van der Waals surface area contributed by atoms with Crippen molar-refractivity contribution >= 4 is 0 Å². The van der Waals surface area contributed by atoms with Gasteiger partial charge in [0, 0.05) is 0 Å². The molecular weight excluding hydrogens is 275 g/mol. The Balaban J connectivity index is 0.000000531. The van der Waals surface area contributed by atoms with E-state index in [2.05, 4.69) is 36.5 Å². The fourth-order valence-corrected chi connectivity index (χ4v) is 4.26. The van der Waals surface area contributed by atoms with E-state index in [9.17, 15) is 0 Å². The zero-order chi connectivity index (χ0) is 9.52. The first-order valence-electron chi connectivity index (χ1n) is 4.34. The maximum Gasteiger partial charge on any atom is -0.153 e. The summed E-state index contributed by atoms with van der Waals surface area (Å²) >= 11 is -0.312. The van der Waals surface area contributed by atoms with Gasteiger partial charge in [0.05, 0.1) is 0 Å². The number of allylic oxidation sites excluding steroid dienone is 8. The molecule has 2 aliphatic rings. The van der Waals surface area contributed by atoms with Gasteiger partial charge in [0.1, 0.15) is 0 Å². The van der Waals surface area contributed by atoms with E-state index < -0.39 is 0 Å². The predicted molar refractivity (Wildman–Crippen MR) is 49.6 cm³/mol. The molecule has 0 saturated heterocycles. The van der Waals surface area contributed by atoms with Crippen molar-refractivity contribution in [3.8, 4) is 0 Å². The van der Waals surface area contributed by atoms with Crippen LogP contribution >= 0.6 is 0 Å². The van der Waals surface area contributed by atoms with Crippen molar-refractivity contribution in [2.75, 3.05) is 7.11 Å². The van der Waals surface area contributed by atoms with Crippen molar-refractivity contribution in [1.29, 1.82) is 0 Å². The van der Waals surface area contributed by atoms with E-state index in [0.717, 1.165) is 7.11 Å². The molecular formula is C11H13ClOZr. The van der Waals surface area contributed by atoms with Crippen LogP contribution in [0.5, 0.6) is 0 Å². The van der Waals surface area contributed by atoms with Gasteiger partial charge in [0.25, 0.3) is 0 Å². The Morgan fingerprint density at radius 1 is 1.00 bits per heavy atom. The Morgan fingerprint density at radius 2 is 1.43 bits per heavy atom. The van der Waals surface area contributed by atoms with Gasteiger partial charge < -0.3 is 17.5 Å². The van der Waals surface area contributed by atoms with Crippen LogP contribution < -0.4 is 17.5 Å². The summed E-state index contributed by atoms with van der Waals surface area (Å²) in [5.41, 5.74) is 0. The Labute approximate surface area is 103 Å². The Morgan fingerprint density at radius 3 is 1.71 bits per heavy atom. The normalized spacial score (nSPS) is 16.1. The van der Waals surface area contributed by atoms with E-state index in [1.807, 2.05) is 0 Å². The van der Waals surface area contributed by atoms with Crippen LogP contribution in [0, 0.1) is 0 Å². The molecule has 0 N–H and O–H groups in total. The summed E-state index contributed by atoms with van der Waals surface area (Å²) in [4.78, 5) is 0.